The fraction of sp³-hybridized carbons (Fsp3) is 0.250. The molecule has 9 heteroatoms. The number of rotatable bonds is 5. The van der Waals surface area contributed by atoms with E-state index in [0.29, 0.717) is 38.9 Å². The summed E-state index contributed by atoms with van der Waals surface area (Å²) in [5.74, 6) is 0.0557. The van der Waals surface area contributed by atoms with Gasteiger partial charge in [-0.3, -0.25) is 14.6 Å². The molecular weight excluding hydrogens is 433 g/mol. The number of amides is 2. The van der Waals surface area contributed by atoms with E-state index >= 15 is 0 Å². The first-order chi connectivity index (χ1) is 13.9. The average molecular weight is 452 g/mol. The Balaban J connectivity index is 1.74. The number of carbonyl (C=O) groups excluding carboxylic acids is 2. The third-order valence-electron chi connectivity index (χ3n) is 4.06. The number of thioether (sulfide) groups is 1. The second-order valence-electron chi connectivity index (χ2n) is 6.12. The molecule has 1 aliphatic heterocycles. The highest BCUT2D eigenvalue weighted by atomic mass is 35.5. The summed E-state index contributed by atoms with van der Waals surface area (Å²) in [7, 11) is 1.60. The van der Waals surface area contributed by atoms with E-state index in [0.717, 1.165) is 0 Å². The van der Waals surface area contributed by atoms with E-state index in [9.17, 15) is 9.59 Å². The molecule has 2 amide bonds. The highest BCUT2D eigenvalue weighted by molar-refractivity contribution is 8.15. The molecule has 2 aromatic rings. The zero-order valence-corrected chi connectivity index (χ0v) is 18.1. The van der Waals surface area contributed by atoms with Gasteiger partial charge in [-0.25, -0.2) is 4.90 Å². The summed E-state index contributed by atoms with van der Waals surface area (Å²) < 4.78 is 5.47. The van der Waals surface area contributed by atoms with Crippen LogP contribution in [-0.2, 0) is 9.59 Å². The second-order valence-corrected chi connectivity index (χ2v) is 8.18. The number of hydrogen-bond acceptors (Lipinski definition) is 5. The monoisotopic (exact) mass is 451 g/mol. The van der Waals surface area contributed by atoms with Gasteiger partial charge in [-0.1, -0.05) is 41.0 Å². The van der Waals surface area contributed by atoms with Crippen LogP contribution in [0.3, 0.4) is 0 Å². The number of ether oxygens (including phenoxy) is 1. The molecule has 0 radical (unpaired) electrons. The molecule has 0 aromatic heterocycles. The fourth-order valence-electron chi connectivity index (χ4n) is 2.87. The first-order valence-electron chi connectivity index (χ1n) is 8.87. The van der Waals surface area contributed by atoms with Crippen molar-refractivity contribution < 1.29 is 14.3 Å². The van der Waals surface area contributed by atoms with Gasteiger partial charge >= 0.3 is 0 Å². The highest BCUT2D eigenvalue weighted by Gasteiger charge is 2.41. The van der Waals surface area contributed by atoms with Crippen molar-refractivity contribution in [3.63, 3.8) is 0 Å². The normalized spacial score (nSPS) is 17.0. The molecule has 1 fully saturated rings. The number of amidine groups is 1. The van der Waals surface area contributed by atoms with Crippen molar-refractivity contribution in [2.75, 3.05) is 23.9 Å². The van der Waals surface area contributed by atoms with E-state index in [-0.39, 0.29) is 18.2 Å². The van der Waals surface area contributed by atoms with E-state index in [1.807, 2.05) is 6.92 Å². The summed E-state index contributed by atoms with van der Waals surface area (Å²) >= 11 is 13.2. The molecule has 0 spiro atoms. The van der Waals surface area contributed by atoms with E-state index in [1.165, 1.54) is 16.7 Å². The number of nitrogens with one attached hydrogen (secondary N) is 1. The molecule has 0 unspecified atom stereocenters. The minimum atomic E-state index is -0.584. The van der Waals surface area contributed by atoms with Gasteiger partial charge in [-0.05, 0) is 37.3 Å². The smallest absolute Gasteiger partial charge is 0.247 e. The molecule has 1 heterocycles. The topological polar surface area (TPSA) is 71.0 Å². The van der Waals surface area contributed by atoms with Gasteiger partial charge in [0.15, 0.2) is 5.17 Å². The third kappa shape index (κ3) is 5.23. The number of nitrogens with zero attached hydrogens (tertiary/aromatic N) is 2. The van der Waals surface area contributed by atoms with Crippen LogP contribution in [-0.4, -0.2) is 35.9 Å². The molecule has 0 bridgehead atoms. The summed E-state index contributed by atoms with van der Waals surface area (Å²) in [4.78, 5) is 30.8. The van der Waals surface area contributed by atoms with Crippen molar-refractivity contribution in [2.45, 2.75) is 18.6 Å². The molecule has 0 aliphatic carbocycles. The van der Waals surface area contributed by atoms with Crippen LogP contribution in [0.2, 0.25) is 10.0 Å². The minimum absolute atomic E-state index is 0.0827. The number of carbonyl (C=O) groups is 2. The molecule has 1 saturated heterocycles. The molecule has 152 valence electrons. The van der Waals surface area contributed by atoms with Gasteiger partial charge in [-0.15, -0.1) is 0 Å². The quantitative estimate of drug-likeness (QED) is 0.399. The highest BCUT2D eigenvalue weighted by Crippen LogP contribution is 2.32. The van der Waals surface area contributed by atoms with Gasteiger partial charge < -0.3 is 10.1 Å². The van der Waals surface area contributed by atoms with Crippen molar-refractivity contribution in [1.29, 1.82) is 0 Å². The van der Waals surface area contributed by atoms with Gasteiger partial charge in [0.25, 0.3) is 0 Å². The van der Waals surface area contributed by atoms with Gasteiger partial charge in [-0.2, -0.15) is 0 Å². The zero-order valence-electron chi connectivity index (χ0n) is 15.8. The summed E-state index contributed by atoms with van der Waals surface area (Å²) in [5.41, 5.74) is 1.15. The largest absolute Gasteiger partial charge is 0.494 e. The SMILES string of the molecule is CCOc1cccc(N2C(=O)C[C@H](SC(=NC)Nc3cc(Cl)cc(Cl)c3)C2=O)c1. The lowest BCUT2D eigenvalue weighted by molar-refractivity contribution is -0.121. The molecule has 1 atom stereocenters. The van der Waals surface area contributed by atoms with Crippen molar-refractivity contribution in [2.24, 2.45) is 4.99 Å². The molecule has 6 nitrogen and oxygen atoms in total. The van der Waals surface area contributed by atoms with Crippen LogP contribution in [0.4, 0.5) is 11.4 Å². The van der Waals surface area contributed by atoms with Gasteiger partial charge in [0.1, 0.15) is 11.0 Å². The lowest BCUT2D eigenvalue weighted by Crippen LogP contribution is -2.31. The number of hydrogen-bond donors (Lipinski definition) is 1. The Morgan fingerprint density at radius 1 is 1.24 bits per heavy atom. The molecule has 1 N–H and O–H groups in total. The van der Waals surface area contributed by atoms with Crippen LogP contribution in [0.1, 0.15) is 13.3 Å². The summed E-state index contributed by atoms with van der Waals surface area (Å²) in [6, 6.07) is 12.0. The Morgan fingerprint density at radius 3 is 2.62 bits per heavy atom. The number of halogens is 2. The van der Waals surface area contributed by atoms with E-state index in [4.69, 9.17) is 27.9 Å². The van der Waals surface area contributed by atoms with Crippen LogP contribution < -0.4 is 15.0 Å². The Bertz CT molecular complexity index is 947. The molecule has 2 aromatic carbocycles. The number of benzene rings is 2. The lowest BCUT2D eigenvalue weighted by Gasteiger charge is -2.16. The van der Waals surface area contributed by atoms with Gasteiger partial charge in [0.2, 0.25) is 11.8 Å². The van der Waals surface area contributed by atoms with E-state index in [1.54, 1.807) is 49.5 Å². The predicted molar refractivity (Wildman–Crippen MR) is 120 cm³/mol. The van der Waals surface area contributed by atoms with Crippen LogP contribution in [0.5, 0.6) is 5.75 Å². The average Bonchev–Trinajstić information content (AvgIpc) is 2.94. The molecule has 1 aliphatic rings. The fourth-order valence-corrected chi connectivity index (χ4v) is 4.38. The van der Waals surface area contributed by atoms with Crippen LogP contribution >= 0.6 is 35.0 Å². The molecule has 29 heavy (non-hydrogen) atoms. The van der Waals surface area contributed by atoms with Gasteiger partial charge in [0, 0.05) is 35.3 Å². The zero-order chi connectivity index (χ0) is 21.0. The van der Waals surface area contributed by atoms with E-state index < -0.39 is 5.25 Å². The van der Waals surface area contributed by atoms with Gasteiger partial charge in [0.05, 0.1) is 12.3 Å². The standard InChI is InChI=1S/C20H19Cl2N3O3S/c1-3-28-16-6-4-5-15(10-16)25-18(26)11-17(19(25)27)29-20(23-2)24-14-8-12(21)7-13(22)9-14/h4-10,17H,3,11H2,1-2H3,(H,23,24)/t17-/m0/s1. The van der Waals surface area contributed by atoms with E-state index in [2.05, 4.69) is 10.3 Å². The Morgan fingerprint density at radius 2 is 1.97 bits per heavy atom. The van der Waals surface area contributed by atoms with Crippen molar-refractivity contribution >= 4 is 63.3 Å². The second kappa shape index (κ2) is 9.52. The Labute approximate surface area is 183 Å². The Kier molecular flexibility index (Phi) is 7.05. The molecular formula is C20H19Cl2N3O3S. The lowest BCUT2D eigenvalue weighted by atomic mass is 10.3. The summed E-state index contributed by atoms with van der Waals surface area (Å²) in [6.07, 6.45) is 0.0827. The summed E-state index contributed by atoms with van der Waals surface area (Å²) in [6.45, 7) is 2.37. The van der Waals surface area contributed by atoms with Crippen LogP contribution in [0.25, 0.3) is 0 Å². The maximum Gasteiger partial charge on any atom is 0.247 e. The molecule has 0 saturated carbocycles. The Hall–Kier alpha value is -2.22. The minimum Gasteiger partial charge on any atom is -0.494 e. The predicted octanol–water partition coefficient (Wildman–Crippen LogP) is 4.86. The molecule has 3 rings (SSSR count). The number of aliphatic imine (C=N–C) groups is 1. The van der Waals surface area contributed by atoms with Crippen LogP contribution in [0.15, 0.2) is 47.5 Å². The first kappa shape index (κ1) is 21.5. The van der Waals surface area contributed by atoms with Crippen LogP contribution in [0, 0.1) is 0 Å². The first-order valence-corrected chi connectivity index (χ1v) is 10.5. The maximum atomic E-state index is 12.9. The van der Waals surface area contributed by atoms with Crippen molar-refractivity contribution in [3.8, 4) is 5.75 Å². The summed E-state index contributed by atoms with van der Waals surface area (Å²) in [5, 5.41) is 3.96. The maximum absolute atomic E-state index is 12.9. The van der Waals surface area contributed by atoms with Crippen molar-refractivity contribution in [1.82, 2.24) is 0 Å². The van der Waals surface area contributed by atoms with Crippen molar-refractivity contribution in [3.05, 3.63) is 52.5 Å². The number of imide groups is 1. The third-order valence-corrected chi connectivity index (χ3v) is 5.66. The number of anilines is 2.